The van der Waals surface area contributed by atoms with Crippen molar-refractivity contribution in [2.24, 2.45) is 0 Å². The average Bonchev–Trinajstić information content (AvgIpc) is 2.70. The van der Waals surface area contributed by atoms with Gasteiger partial charge in [-0.1, -0.05) is 17.7 Å². The summed E-state index contributed by atoms with van der Waals surface area (Å²) in [6, 6.07) is 3.58. The van der Waals surface area contributed by atoms with Crippen LogP contribution in [0.1, 0.15) is 5.56 Å². The molecule has 0 bridgehead atoms. The Kier molecular flexibility index (Phi) is 3.35. The average molecular weight is 239 g/mol. The van der Waals surface area contributed by atoms with Gasteiger partial charge in [0.1, 0.15) is 5.15 Å². The molecule has 0 aromatic carbocycles. The number of hydrogen-bond acceptors (Lipinski definition) is 5. The summed E-state index contributed by atoms with van der Waals surface area (Å²) >= 11 is 5.68. The molecule has 0 spiro atoms. The lowest BCUT2D eigenvalue weighted by atomic mass is 10.3. The summed E-state index contributed by atoms with van der Waals surface area (Å²) < 4.78 is 1.77. The van der Waals surface area contributed by atoms with Crippen molar-refractivity contribution in [3.8, 4) is 0 Å². The van der Waals surface area contributed by atoms with Crippen molar-refractivity contribution in [1.82, 2.24) is 20.1 Å². The van der Waals surface area contributed by atoms with Crippen LogP contribution in [0.3, 0.4) is 0 Å². The molecule has 0 amide bonds. The highest BCUT2D eigenvalue weighted by molar-refractivity contribution is 6.29. The summed E-state index contributed by atoms with van der Waals surface area (Å²) in [6.45, 7) is 0.564. The molecule has 6 nitrogen and oxygen atoms in total. The van der Waals surface area contributed by atoms with Gasteiger partial charge in [0.15, 0.2) is 0 Å². The SMILES string of the molecule is [O-]NNc1nccn1Cc1ccc(Cl)nc1. The fraction of sp³-hybridized carbons (Fsp3) is 0.111. The molecule has 0 fully saturated rings. The van der Waals surface area contributed by atoms with Crippen LogP contribution in [-0.4, -0.2) is 14.5 Å². The van der Waals surface area contributed by atoms with Crippen molar-refractivity contribution in [2.45, 2.75) is 6.54 Å². The van der Waals surface area contributed by atoms with Crippen LogP contribution in [-0.2, 0) is 6.54 Å². The zero-order chi connectivity index (χ0) is 11.4. The monoisotopic (exact) mass is 238 g/mol. The Morgan fingerprint density at radius 3 is 2.94 bits per heavy atom. The maximum Gasteiger partial charge on any atom is 0.216 e. The van der Waals surface area contributed by atoms with Gasteiger partial charge in [-0.2, -0.15) is 0 Å². The molecule has 0 aliphatic heterocycles. The molecule has 0 saturated heterocycles. The molecule has 0 saturated carbocycles. The molecule has 0 atom stereocenters. The maximum atomic E-state index is 10.2. The van der Waals surface area contributed by atoms with Crippen molar-refractivity contribution >= 4 is 17.5 Å². The molecule has 2 rings (SSSR count). The molecule has 2 N–H and O–H groups in total. The number of pyridine rings is 1. The number of hydrogen-bond donors (Lipinski definition) is 2. The Morgan fingerprint density at radius 1 is 1.38 bits per heavy atom. The van der Waals surface area contributed by atoms with Crippen molar-refractivity contribution in [2.75, 3.05) is 5.43 Å². The quantitative estimate of drug-likeness (QED) is 0.622. The number of anilines is 1. The maximum absolute atomic E-state index is 10.2. The zero-order valence-electron chi connectivity index (χ0n) is 8.22. The van der Waals surface area contributed by atoms with E-state index in [2.05, 4.69) is 15.4 Å². The molecule has 0 aliphatic rings. The van der Waals surface area contributed by atoms with Gasteiger partial charge in [0, 0.05) is 18.6 Å². The van der Waals surface area contributed by atoms with Crippen LogP contribution in [0.25, 0.3) is 0 Å². The summed E-state index contributed by atoms with van der Waals surface area (Å²) in [4.78, 5) is 7.93. The third kappa shape index (κ3) is 2.48. The standard InChI is InChI=1S/C9H9ClN5O/c10-8-2-1-7(5-12-8)6-15-4-3-11-9(15)13-14-16/h1-5,14H,6H2,(H,11,13)/q-1. The van der Waals surface area contributed by atoms with E-state index in [1.54, 1.807) is 34.8 Å². The lowest BCUT2D eigenvalue weighted by Crippen LogP contribution is -2.17. The van der Waals surface area contributed by atoms with Gasteiger partial charge in [-0.15, -0.1) is 0 Å². The number of nitrogens with zero attached hydrogens (tertiary/aromatic N) is 3. The number of imidazole rings is 1. The third-order valence-electron chi connectivity index (χ3n) is 2.02. The van der Waals surface area contributed by atoms with Crippen molar-refractivity contribution in [3.63, 3.8) is 0 Å². The van der Waals surface area contributed by atoms with E-state index in [9.17, 15) is 5.21 Å². The Bertz CT molecular complexity index is 455. The normalized spacial score (nSPS) is 10.4. The highest BCUT2D eigenvalue weighted by Crippen LogP contribution is 2.10. The van der Waals surface area contributed by atoms with E-state index in [1.165, 1.54) is 0 Å². The van der Waals surface area contributed by atoms with Crippen LogP contribution in [0, 0.1) is 5.21 Å². The van der Waals surface area contributed by atoms with Gasteiger partial charge in [-0.05, 0) is 11.6 Å². The number of hydrazine groups is 1. The first-order valence-electron chi connectivity index (χ1n) is 4.54. The summed E-state index contributed by atoms with van der Waals surface area (Å²) in [5, 5.41) is 10.7. The Balaban J connectivity index is 2.13. The van der Waals surface area contributed by atoms with Gasteiger partial charge < -0.3 is 20.8 Å². The summed E-state index contributed by atoms with van der Waals surface area (Å²) in [5.74, 6) is 0.449. The van der Waals surface area contributed by atoms with E-state index < -0.39 is 0 Å². The van der Waals surface area contributed by atoms with E-state index in [0.29, 0.717) is 17.6 Å². The van der Waals surface area contributed by atoms with E-state index in [0.717, 1.165) is 5.56 Å². The molecule has 0 unspecified atom stereocenters. The van der Waals surface area contributed by atoms with Crippen LogP contribution in [0.4, 0.5) is 5.95 Å². The van der Waals surface area contributed by atoms with Gasteiger partial charge in [-0.3, -0.25) is 0 Å². The molecule has 7 heteroatoms. The van der Waals surface area contributed by atoms with E-state index in [4.69, 9.17) is 11.6 Å². The fourth-order valence-corrected chi connectivity index (χ4v) is 1.41. The fourth-order valence-electron chi connectivity index (χ4n) is 1.30. The highest BCUT2D eigenvalue weighted by atomic mass is 35.5. The number of rotatable bonds is 4. The Morgan fingerprint density at radius 2 is 2.25 bits per heavy atom. The second-order valence-corrected chi connectivity index (χ2v) is 3.48. The lowest BCUT2D eigenvalue weighted by Gasteiger charge is -2.12. The topological polar surface area (TPSA) is 77.8 Å². The molecule has 84 valence electrons. The largest absolute Gasteiger partial charge is 0.770 e. The second-order valence-electron chi connectivity index (χ2n) is 3.09. The minimum Gasteiger partial charge on any atom is -0.770 e. The van der Waals surface area contributed by atoms with Gasteiger partial charge in [-0.25, -0.2) is 9.97 Å². The van der Waals surface area contributed by atoms with Crippen LogP contribution < -0.4 is 11.0 Å². The first-order chi connectivity index (χ1) is 7.79. The first kappa shape index (κ1) is 10.9. The second kappa shape index (κ2) is 4.93. The third-order valence-corrected chi connectivity index (χ3v) is 2.24. The van der Waals surface area contributed by atoms with Crippen molar-refractivity contribution in [1.29, 1.82) is 0 Å². The minimum absolute atomic E-state index is 0.449. The summed E-state index contributed by atoms with van der Waals surface area (Å²) in [6.07, 6.45) is 5.04. The molecule has 0 radical (unpaired) electrons. The predicted molar refractivity (Wildman–Crippen MR) is 60.7 cm³/mol. The highest BCUT2D eigenvalue weighted by Gasteiger charge is 2.01. The molecule has 0 aliphatic carbocycles. The zero-order valence-corrected chi connectivity index (χ0v) is 8.98. The minimum atomic E-state index is 0.449. The van der Waals surface area contributed by atoms with Crippen LogP contribution in [0.5, 0.6) is 0 Å². The summed E-state index contributed by atoms with van der Waals surface area (Å²) in [7, 11) is 0. The number of aromatic nitrogens is 3. The van der Waals surface area contributed by atoms with E-state index in [1.807, 2.05) is 6.07 Å². The first-order valence-corrected chi connectivity index (χ1v) is 4.92. The van der Waals surface area contributed by atoms with Gasteiger partial charge in [0.2, 0.25) is 5.95 Å². The van der Waals surface area contributed by atoms with Gasteiger partial charge in [0.05, 0.1) is 6.54 Å². The van der Waals surface area contributed by atoms with Crippen molar-refractivity contribution in [3.05, 3.63) is 46.6 Å². The molecule has 16 heavy (non-hydrogen) atoms. The lowest BCUT2D eigenvalue weighted by molar-refractivity contribution is 0.786. The molecular weight excluding hydrogens is 230 g/mol. The van der Waals surface area contributed by atoms with Crippen LogP contribution in [0.2, 0.25) is 5.15 Å². The van der Waals surface area contributed by atoms with E-state index in [-0.39, 0.29) is 0 Å². The van der Waals surface area contributed by atoms with Gasteiger partial charge >= 0.3 is 0 Å². The Labute approximate surface area is 96.8 Å². The van der Waals surface area contributed by atoms with Crippen LogP contribution in [0.15, 0.2) is 30.7 Å². The smallest absolute Gasteiger partial charge is 0.216 e. The number of halogens is 1. The van der Waals surface area contributed by atoms with Gasteiger partial charge in [0.25, 0.3) is 0 Å². The van der Waals surface area contributed by atoms with E-state index >= 15 is 0 Å². The van der Waals surface area contributed by atoms with Crippen LogP contribution >= 0.6 is 11.6 Å². The molecule has 2 aromatic heterocycles. The van der Waals surface area contributed by atoms with Crippen molar-refractivity contribution < 1.29 is 0 Å². The molecule has 2 heterocycles. The number of nitrogens with one attached hydrogen (secondary N) is 2. The Hall–Kier alpha value is -1.63. The summed E-state index contributed by atoms with van der Waals surface area (Å²) in [5.41, 5.74) is 4.94. The molecule has 2 aromatic rings. The predicted octanol–water partition coefficient (Wildman–Crippen LogP) is 1.39. The molecular formula is C9H9ClN5O-.